The van der Waals surface area contributed by atoms with Gasteiger partial charge in [0, 0.05) is 18.2 Å². The Morgan fingerprint density at radius 3 is 2.56 bits per heavy atom. The molecule has 0 atom stereocenters. The zero-order valence-electron chi connectivity index (χ0n) is 8.97. The first kappa shape index (κ1) is 11.7. The number of carbonyl (C=O) groups excluding carboxylic acids is 1. The highest BCUT2D eigenvalue weighted by Gasteiger charge is 2.26. The molecule has 1 aromatic heterocycles. The van der Waals surface area contributed by atoms with Crippen LogP contribution >= 0.6 is 11.3 Å². The van der Waals surface area contributed by atoms with Crippen molar-refractivity contribution in [3.8, 4) is 0 Å². The lowest BCUT2D eigenvalue weighted by Gasteiger charge is -2.19. The van der Waals surface area contributed by atoms with Crippen LogP contribution in [0.5, 0.6) is 0 Å². The van der Waals surface area contributed by atoms with E-state index in [0.29, 0.717) is 18.5 Å². The molecule has 0 N–H and O–H groups in total. The van der Waals surface area contributed by atoms with Crippen molar-refractivity contribution in [3.05, 3.63) is 16.1 Å². The van der Waals surface area contributed by atoms with Crippen molar-refractivity contribution in [2.75, 3.05) is 11.5 Å². The maximum absolute atomic E-state index is 11.3. The van der Waals surface area contributed by atoms with Crippen molar-refractivity contribution in [1.29, 1.82) is 0 Å². The van der Waals surface area contributed by atoms with E-state index in [4.69, 9.17) is 0 Å². The summed E-state index contributed by atoms with van der Waals surface area (Å²) >= 11 is 1.46. The van der Waals surface area contributed by atoms with Crippen LogP contribution in [0.25, 0.3) is 0 Å². The molecule has 6 heteroatoms. The van der Waals surface area contributed by atoms with Gasteiger partial charge in [-0.25, -0.2) is 13.4 Å². The molecule has 0 aromatic carbocycles. The lowest BCUT2D eigenvalue weighted by Crippen LogP contribution is -2.22. The number of hydrogen-bond acceptors (Lipinski definition) is 5. The number of aromatic nitrogens is 1. The number of Topliss-reactive ketones (excluding diaryl/α,β-unsaturated/α-hetero) is 1. The molecule has 0 unspecified atom stereocenters. The van der Waals surface area contributed by atoms with Crippen molar-refractivity contribution in [2.45, 2.75) is 25.7 Å². The third kappa shape index (κ3) is 2.49. The van der Waals surface area contributed by atoms with Crippen LogP contribution in [0, 0.1) is 0 Å². The summed E-state index contributed by atoms with van der Waals surface area (Å²) in [6.07, 6.45) is 1.26. The summed E-state index contributed by atoms with van der Waals surface area (Å²) < 4.78 is 22.5. The molecule has 1 saturated heterocycles. The van der Waals surface area contributed by atoms with Crippen molar-refractivity contribution in [1.82, 2.24) is 4.98 Å². The summed E-state index contributed by atoms with van der Waals surface area (Å²) in [6, 6.07) is 0. The second-order valence-corrected chi connectivity index (χ2v) is 7.25. The molecule has 0 bridgehead atoms. The second kappa shape index (κ2) is 4.25. The van der Waals surface area contributed by atoms with Crippen LogP contribution in [0.3, 0.4) is 0 Å². The molecule has 2 heterocycles. The van der Waals surface area contributed by atoms with Crippen LogP contribution < -0.4 is 0 Å². The maximum atomic E-state index is 11.3. The summed E-state index contributed by atoms with van der Waals surface area (Å²) in [6.45, 7) is 1.49. The Labute approximate surface area is 98.6 Å². The average molecular weight is 259 g/mol. The lowest BCUT2D eigenvalue weighted by molar-refractivity contribution is 0.101. The SMILES string of the molecule is CC(=O)c1csc(C2CCS(=O)(=O)CC2)n1. The van der Waals surface area contributed by atoms with Gasteiger partial charge in [0.05, 0.1) is 16.5 Å². The van der Waals surface area contributed by atoms with Gasteiger partial charge in [0.2, 0.25) is 0 Å². The average Bonchev–Trinajstić information content (AvgIpc) is 2.66. The van der Waals surface area contributed by atoms with Gasteiger partial charge in [0.1, 0.15) is 15.5 Å². The molecule has 0 saturated carbocycles. The molecular weight excluding hydrogens is 246 g/mol. The first-order valence-electron chi connectivity index (χ1n) is 5.15. The summed E-state index contributed by atoms with van der Waals surface area (Å²) in [5, 5.41) is 2.65. The van der Waals surface area contributed by atoms with E-state index in [2.05, 4.69) is 4.98 Å². The topological polar surface area (TPSA) is 64.1 Å². The molecule has 0 amide bonds. The van der Waals surface area contributed by atoms with Gasteiger partial charge in [0.25, 0.3) is 0 Å². The first-order chi connectivity index (χ1) is 7.48. The zero-order valence-corrected chi connectivity index (χ0v) is 10.6. The number of carbonyl (C=O) groups is 1. The van der Waals surface area contributed by atoms with Crippen LogP contribution in [-0.2, 0) is 9.84 Å². The predicted octanol–water partition coefficient (Wildman–Crippen LogP) is 1.64. The molecule has 0 radical (unpaired) electrons. The normalized spacial score (nSPS) is 20.8. The van der Waals surface area contributed by atoms with Gasteiger partial charge < -0.3 is 0 Å². The van der Waals surface area contributed by atoms with E-state index < -0.39 is 9.84 Å². The van der Waals surface area contributed by atoms with Crippen LogP contribution in [0.15, 0.2) is 5.38 Å². The fraction of sp³-hybridized carbons (Fsp3) is 0.600. The summed E-state index contributed by atoms with van der Waals surface area (Å²) in [7, 11) is -2.82. The molecule has 88 valence electrons. The van der Waals surface area contributed by atoms with Crippen LogP contribution in [-0.4, -0.2) is 30.7 Å². The Hall–Kier alpha value is -0.750. The maximum Gasteiger partial charge on any atom is 0.178 e. The molecule has 0 aliphatic carbocycles. The van der Waals surface area contributed by atoms with Gasteiger partial charge >= 0.3 is 0 Å². The van der Waals surface area contributed by atoms with E-state index in [1.807, 2.05) is 0 Å². The molecule has 4 nitrogen and oxygen atoms in total. The number of nitrogens with zero attached hydrogens (tertiary/aromatic N) is 1. The number of ketones is 1. The molecule has 16 heavy (non-hydrogen) atoms. The highest BCUT2D eigenvalue weighted by atomic mass is 32.2. The van der Waals surface area contributed by atoms with E-state index in [0.717, 1.165) is 5.01 Å². The zero-order chi connectivity index (χ0) is 11.8. The van der Waals surface area contributed by atoms with Gasteiger partial charge in [-0.15, -0.1) is 11.3 Å². The van der Waals surface area contributed by atoms with Gasteiger partial charge in [-0.2, -0.15) is 0 Å². The highest BCUT2D eigenvalue weighted by Crippen LogP contribution is 2.31. The van der Waals surface area contributed by atoms with Crippen LogP contribution in [0.2, 0.25) is 0 Å². The summed E-state index contributed by atoms with van der Waals surface area (Å²) in [4.78, 5) is 15.3. The third-order valence-corrected chi connectivity index (χ3v) is 5.51. The number of rotatable bonds is 2. The minimum absolute atomic E-state index is 0.0362. The van der Waals surface area contributed by atoms with Crippen molar-refractivity contribution in [3.63, 3.8) is 0 Å². The van der Waals surface area contributed by atoms with Crippen LogP contribution in [0.4, 0.5) is 0 Å². The van der Waals surface area contributed by atoms with Gasteiger partial charge in [-0.3, -0.25) is 4.79 Å². The van der Waals surface area contributed by atoms with Crippen molar-refractivity contribution in [2.24, 2.45) is 0 Å². The number of hydrogen-bond donors (Lipinski definition) is 0. The fourth-order valence-corrected chi connectivity index (χ4v) is 4.30. The lowest BCUT2D eigenvalue weighted by atomic mass is 10.0. The Kier molecular flexibility index (Phi) is 3.12. The van der Waals surface area contributed by atoms with E-state index >= 15 is 0 Å². The first-order valence-corrected chi connectivity index (χ1v) is 7.85. The Balaban J connectivity index is 2.11. The van der Waals surface area contributed by atoms with Gasteiger partial charge in [0.15, 0.2) is 5.78 Å². The number of sulfone groups is 1. The van der Waals surface area contributed by atoms with E-state index in [9.17, 15) is 13.2 Å². The summed E-state index contributed by atoms with van der Waals surface area (Å²) in [5.74, 6) is 0.659. The monoisotopic (exact) mass is 259 g/mol. The van der Waals surface area contributed by atoms with E-state index in [1.54, 1.807) is 5.38 Å². The van der Waals surface area contributed by atoms with Crippen molar-refractivity contribution < 1.29 is 13.2 Å². The largest absolute Gasteiger partial charge is 0.293 e. The Morgan fingerprint density at radius 1 is 1.44 bits per heavy atom. The molecular formula is C10H13NO3S2. The second-order valence-electron chi connectivity index (χ2n) is 4.05. The molecule has 1 fully saturated rings. The quantitative estimate of drug-likeness (QED) is 0.757. The Morgan fingerprint density at radius 2 is 2.06 bits per heavy atom. The third-order valence-electron chi connectivity index (χ3n) is 2.79. The number of thiazole rings is 1. The van der Waals surface area contributed by atoms with E-state index in [-0.39, 0.29) is 23.2 Å². The predicted molar refractivity (Wildman–Crippen MR) is 62.7 cm³/mol. The minimum Gasteiger partial charge on any atom is -0.293 e. The highest BCUT2D eigenvalue weighted by molar-refractivity contribution is 7.91. The smallest absolute Gasteiger partial charge is 0.178 e. The standard InChI is InChI=1S/C10H13NO3S2/c1-7(12)9-6-15-10(11-9)8-2-4-16(13,14)5-3-8/h6,8H,2-5H2,1H3. The molecule has 0 spiro atoms. The van der Waals surface area contributed by atoms with Crippen LogP contribution in [0.1, 0.15) is 41.2 Å². The fourth-order valence-electron chi connectivity index (χ4n) is 1.77. The molecule has 1 aliphatic rings. The van der Waals surface area contributed by atoms with Crippen molar-refractivity contribution >= 4 is 27.0 Å². The van der Waals surface area contributed by atoms with E-state index in [1.165, 1.54) is 18.3 Å². The molecule has 1 aromatic rings. The molecule has 1 aliphatic heterocycles. The van der Waals surface area contributed by atoms with Gasteiger partial charge in [-0.1, -0.05) is 0 Å². The van der Waals surface area contributed by atoms with Gasteiger partial charge in [-0.05, 0) is 12.8 Å². The Bertz CT molecular complexity index is 490. The minimum atomic E-state index is -2.82. The molecule has 2 rings (SSSR count). The summed E-state index contributed by atoms with van der Waals surface area (Å²) in [5.41, 5.74) is 0.494.